The molecule has 6 heteroatoms. The summed E-state index contributed by atoms with van der Waals surface area (Å²) >= 11 is 8.19. The van der Waals surface area contributed by atoms with E-state index in [0.29, 0.717) is 11.5 Å². The highest BCUT2D eigenvalue weighted by atomic mass is 127. The summed E-state index contributed by atoms with van der Waals surface area (Å²) in [6, 6.07) is 7.51. The van der Waals surface area contributed by atoms with E-state index >= 15 is 0 Å². The molecule has 0 atom stereocenters. The molecule has 1 aromatic carbocycles. The molecule has 0 saturated heterocycles. The summed E-state index contributed by atoms with van der Waals surface area (Å²) in [5.74, 6) is 0.403. The Kier molecular flexibility index (Phi) is 4.93. The van der Waals surface area contributed by atoms with Crippen LogP contribution in [0.1, 0.15) is 36.1 Å². The highest BCUT2D eigenvalue weighted by Crippen LogP contribution is 2.19. The van der Waals surface area contributed by atoms with Crippen LogP contribution in [0.15, 0.2) is 30.5 Å². The van der Waals surface area contributed by atoms with Gasteiger partial charge in [0.25, 0.3) is 5.91 Å². The number of hydrogen-bond donors (Lipinski definition) is 1. The summed E-state index contributed by atoms with van der Waals surface area (Å²) in [7, 11) is 0. The summed E-state index contributed by atoms with van der Waals surface area (Å²) < 4.78 is 1.04. The van der Waals surface area contributed by atoms with Crippen molar-refractivity contribution in [2.45, 2.75) is 19.8 Å². The van der Waals surface area contributed by atoms with E-state index < -0.39 is 0 Å². The second-order valence-electron chi connectivity index (χ2n) is 4.54. The first-order valence-electron chi connectivity index (χ1n) is 6.06. The van der Waals surface area contributed by atoms with Crippen molar-refractivity contribution in [1.29, 1.82) is 0 Å². The Balaban J connectivity index is 2.27. The van der Waals surface area contributed by atoms with Gasteiger partial charge in [0.2, 0.25) is 0 Å². The van der Waals surface area contributed by atoms with Gasteiger partial charge in [-0.05, 0) is 40.8 Å². The minimum atomic E-state index is -0.332. The van der Waals surface area contributed by atoms with Gasteiger partial charge in [-0.1, -0.05) is 31.5 Å². The van der Waals surface area contributed by atoms with Crippen LogP contribution in [0.5, 0.6) is 0 Å². The van der Waals surface area contributed by atoms with E-state index in [1.165, 1.54) is 6.20 Å². The quantitative estimate of drug-likeness (QED) is 0.788. The smallest absolute Gasteiger partial charge is 0.275 e. The van der Waals surface area contributed by atoms with Crippen LogP contribution in [0.3, 0.4) is 0 Å². The van der Waals surface area contributed by atoms with E-state index in [2.05, 4.69) is 37.9 Å². The SMILES string of the molecule is CC(C)c1ncc(Cl)c(C(=O)Nc2cccc(I)c2)n1. The van der Waals surface area contributed by atoms with Gasteiger partial charge in [-0.3, -0.25) is 4.79 Å². The number of halogens is 2. The van der Waals surface area contributed by atoms with E-state index in [1.54, 1.807) is 0 Å². The van der Waals surface area contributed by atoms with Crippen LogP contribution in [0.2, 0.25) is 5.02 Å². The van der Waals surface area contributed by atoms with Crippen LogP contribution in [0.25, 0.3) is 0 Å². The van der Waals surface area contributed by atoms with Crippen molar-refractivity contribution in [3.63, 3.8) is 0 Å². The predicted octanol–water partition coefficient (Wildman–Crippen LogP) is 4.11. The van der Waals surface area contributed by atoms with Gasteiger partial charge in [0, 0.05) is 15.2 Å². The maximum absolute atomic E-state index is 12.2. The normalized spacial score (nSPS) is 10.7. The number of rotatable bonds is 3. The summed E-state index contributed by atoms with van der Waals surface area (Å²) in [4.78, 5) is 20.6. The van der Waals surface area contributed by atoms with Gasteiger partial charge in [0.05, 0.1) is 11.2 Å². The van der Waals surface area contributed by atoms with Crippen molar-refractivity contribution in [3.8, 4) is 0 Å². The molecule has 0 fully saturated rings. The van der Waals surface area contributed by atoms with E-state index in [1.807, 2.05) is 38.1 Å². The molecule has 0 radical (unpaired) electrons. The first-order valence-corrected chi connectivity index (χ1v) is 7.52. The molecule has 2 aromatic rings. The fourth-order valence-electron chi connectivity index (χ4n) is 1.57. The van der Waals surface area contributed by atoms with Crippen molar-refractivity contribution >= 4 is 45.8 Å². The number of carbonyl (C=O) groups excluding carboxylic acids is 1. The van der Waals surface area contributed by atoms with Crippen LogP contribution in [0, 0.1) is 3.57 Å². The van der Waals surface area contributed by atoms with Gasteiger partial charge in [-0.15, -0.1) is 0 Å². The first kappa shape index (κ1) is 15.2. The highest BCUT2D eigenvalue weighted by Gasteiger charge is 2.15. The number of anilines is 1. The molecule has 0 spiro atoms. The molecule has 1 aromatic heterocycles. The van der Waals surface area contributed by atoms with Gasteiger partial charge in [0.15, 0.2) is 5.69 Å². The van der Waals surface area contributed by atoms with Crippen LogP contribution in [-0.2, 0) is 0 Å². The number of aromatic nitrogens is 2. The fraction of sp³-hybridized carbons (Fsp3) is 0.214. The lowest BCUT2D eigenvalue weighted by Gasteiger charge is -2.09. The molecule has 0 saturated carbocycles. The molecule has 0 bridgehead atoms. The van der Waals surface area contributed by atoms with Crippen molar-refractivity contribution < 1.29 is 4.79 Å². The second-order valence-corrected chi connectivity index (χ2v) is 6.20. The number of carbonyl (C=O) groups is 1. The van der Waals surface area contributed by atoms with Crippen molar-refractivity contribution in [3.05, 3.63) is 50.6 Å². The molecule has 104 valence electrons. The van der Waals surface area contributed by atoms with Gasteiger partial charge in [0.1, 0.15) is 5.82 Å². The van der Waals surface area contributed by atoms with Crippen LogP contribution in [0.4, 0.5) is 5.69 Å². The average molecular weight is 402 g/mol. The Bertz CT molecular complexity index is 646. The molecule has 4 nitrogen and oxygen atoms in total. The molecule has 0 aliphatic rings. The Labute approximate surface area is 136 Å². The maximum Gasteiger partial charge on any atom is 0.275 e. The van der Waals surface area contributed by atoms with Gasteiger partial charge >= 0.3 is 0 Å². The summed E-state index contributed by atoms with van der Waals surface area (Å²) in [5, 5.41) is 3.04. The standard InChI is InChI=1S/C14H13ClIN3O/c1-8(2)13-17-7-11(15)12(19-13)14(20)18-10-5-3-4-9(16)6-10/h3-8H,1-2H3,(H,18,20). The summed E-state index contributed by atoms with van der Waals surface area (Å²) in [5.41, 5.74) is 0.909. The molecule has 1 amide bonds. The number of benzene rings is 1. The lowest BCUT2D eigenvalue weighted by Crippen LogP contribution is -2.16. The van der Waals surface area contributed by atoms with E-state index in [4.69, 9.17) is 11.6 Å². The number of nitrogens with zero attached hydrogens (tertiary/aromatic N) is 2. The molecular formula is C14H13ClIN3O. The summed E-state index contributed by atoms with van der Waals surface area (Å²) in [6.07, 6.45) is 1.47. The minimum Gasteiger partial charge on any atom is -0.321 e. The average Bonchev–Trinajstić information content (AvgIpc) is 2.38. The third-order valence-corrected chi connectivity index (χ3v) is 3.52. The maximum atomic E-state index is 12.2. The second kappa shape index (κ2) is 6.49. The Morgan fingerprint density at radius 3 is 2.80 bits per heavy atom. The molecule has 2 rings (SSSR count). The lowest BCUT2D eigenvalue weighted by molar-refractivity contribution is 0.102. The number of nitrogens with one attached hydrogen (secondary N) is 1. The van der Waals surface area contributed by atoms with Crippen LogP contribution < -0.4 is 5.32 Å². The molecule has 0 unspecified atom stereocenters. The molecule has 20 heavy (non-hydrogen) atoms. The zero-order valence-electron chi connectivity index (χ0n) is 11.0. The van der Waals surface area contributed by atoms with Gasteiger partial charge in [-0.25, -0.2) is 9.97 Å². The number of hydrogen-bond acceptors (Lipinski definition) is 3. The zero-order valence-corrected chi connectivity index (χ0v) is 13.9. The molecule has 0 aliphatic heterocycles. The van der Waals surface area contributed by atoms with Crippen LogP contribution >= 0.6 is 34.2 Å². The largest absolute Gasteiger partial charge is 0.321 e. The first-order chi connectivity index (χ1) is 9.47. The zero-order chi connectivity index (χ0) is 14.7. The Hall–Kier alpha value is -1.21. The molecule has 1 N–H and O–H groups in total. The van der Waals surface area contributed by atoms with E-state index in [-0.39, 0.29) is 22.5 Å². The fourth-order valence-corrected chi connectivity index (χ4v) is 2.29. The third kappa shape index (κ3) is 3.67. The van der Waals surface area contributed by atoms with Crippen LogP contribution in [-0.4, -0.2) is 15.9 Å². The topological polar surface area (TPSA) is 54.9 Å². The van der Waals surface area contributed by atoms with E-state index in [9.17, 15) is 4.79 Å². The highest BCUT2D eigenvalue weighted by molar-refractivity contribution is 14.1. The van der Waals surface area contributed by atoms with E-state index in [0.717, 1.165) is 3.57 Å². The summed E-state index contributed by atoms with van der Waals surface area (Å²) in [6.45, 7) is 3.93. The molecular weight excluding hydrogens is 389 g/mol. The third-order valence-electron chi connectivity index (χ3n) is 2.58. The molecule has 1 heterocycles. The monoisotopic (exact) mass is 401 g/mol. The Morgan fingerprint density at radius 1 is 1.40 bits per heavy atom. The number of amides is 1. The van der Waals surface area contributed by atoms with Gasteiger partial charge < -0.3 is 5.32 Å². The molecule has 0 aliphatic carbocycles. The van der Waals surface area contributed by atoms with Gasteiger partial charge in [-0.2, -0.15) is 0 Å². The minimum absolute atomic E-state index is 0.136. The van der Waals surface area contributed by atoms with Crippen molar-refractivity contribution in [2.24, 2.45) is 0 Å². The van der Waals surface area contributed by atoms with Crippen molar-refractivity contribution in [2.75, 3.05) is 5.32 Å². The lowest BCUT2D eigenvalue weighted by atomic mass is 10.2. The Morgan fingerprint density at radius 2 is 2.15 bits per heavy atom. The predicted molar refractivity (Wildman–Crippen MR) is 88.2 cm³/mol. The van der Waals surface area contributed by atoms with Crippen molar-refractivity contribution in [1.82, 2.24) is 9.97 Å².